The first-order valence-corrected chi connectivity index (χ1v) is 9.21. The predicted molar refractivity (Wildman–Crippen MR) is 101 cm³/mol. The van der Waals surface area contributed by atoms with Crippen molar-refractivity contribution >= 4 is 29.2 Å². The molecule has 1 heterocycles. The largest absolute Gasteiger partial charge is 0.468 e. The summed E-state index contributed by atoms with van der Waals surface area (Å²) < 4.78 is 5.84. The van der Waals surface area contributed by atoms with E-state index in [1.54, 1.807) is 6.07 Å². The van der Waals surface area contributed by atoms with Crippen molar-refractivity contribution in [2.24, 2.45) is 16.5 Å². The molecule has 3 rings (SSSR count). The van der Waals surface area contributed by atoms with Gasteiger partial charge in [0.05, 0.1) is 6.04 Å². The minimum Gasteiger partial charge on any atom is -0.468 e. The van der Waals surface area contributed by atoms with Gasteiger partial charge in [-0.2, -0.15) is 0 Å². The molecule has 26 heavy (non-hydrogen) atoms. The zero-order valence-corrected chi connectivity index (χ0v) is 15.3. The molecule has 0 saturated heterocycles. The van der Waals surface area contributed by atoms with Crippen LogP contribution in [0.25, 0.3) is 0 Å². The van der Waals surface area contributed by atoms with Crippen LogP contribution in [0.15, 0.2) is 29.3 Å². The van der Waals surface area contributed by atoms with E-state index >= 15 is 0 Å². The van der Waals surface area contributed by atoms with Crippen LogP contribution >= 0.6 is 11.6 Å². The monoisotopic (exact) mass is 377 g/mol. The number of hydrogen-bond donors (Lipinski definition) is 4. The third-order valence-electron chi connectivity index (χ3n) is 4.91. The summed E-state index contributed by atoms with van der Waals surface area (Å²) in [5, 5.41) is 10.4. The topological polar surface area (TPSA) is 127 Å². The van der Waals surface area contributed by atoms with Gasteiger partial charge in [-0.05, 0) is 38.2 Å². The number of fused-ring (bicyclic) bond motifs is 2. The number of benzene rings is 1. The minimum atomic E-state index is -0.996. The van der Waals surface area contributed by atoms with Gasteiger partial charge < -0.3 is 21.5 Å². The lowest BCUT2D eigenvalue weighted by Crippen LogP contribution is -2.54. The number of ether oxygens (including phenoxy) is 1. The highest BCUT2D eigenvalue weighted by Crippen LogP contribution is 2.44. The van der Waals surface area contributed by atoms with Crippen LogP contribution in [0.4, 0.5) is 0 Å². The Labute approximate surface area is 157 Å². The first kappa shape index (κ1) is 18.7. The van der Waals surface area contributed by atoms with Crippen molar-refractivity contribution in [2.75, 3.05) is 6.54 Å². The summed E-state index contributed by atoms with van der Waals surface area (Å²) in [6, 6.07) is 6.92. The lowest BCUT2D eigenvalue weighted by molar-refractivity contribution is -0.137. The van der Waals surface area contributed by atoms with Gasteiger partial charge in [-0.1, -0.05) is 29.8 Å². The number of nitrogens with one attached hydrogen (secondary N) is 2. The van der Waals surface area contributed by atoms with E-state index in [-0.39, 0.29) is 11.7 Å². The number of nitrogens with two attached hydrogens (primary N) is 2. The van der Waals surface area contributed by atoms with Gasteiger partial charge in [0.1, 0.15) is 0 Å². The first-order valence-electron chi connectivity index (χ1n) is 8.83. The number of ketones is 1. The van der Waals surface area contributed by atoms with Gasteiger partial charge in [0, 0.05) is 17.1 Å². The highest BCUT2D eigenvalue weighted by atomic mass is 35.5. The standard InChI is InChI=1S/C18H24ClN5O2/c19-12-6-2-1-5-11(12)18-9-3-8-14(15(18)25)26-16(24-18)13(20)7-4-10-23-17(21)22/h1-2,5-6,13-14H,3-4,7-10,20H2,(H4,21,22,23). The molecule has 2 aliphatic rings. The van der Waals surface area contributed by atoms with Crippen LogP contribution in [0.2, 0.25) is 5.02 Å². The third kappa shape index (κ3) is 3.54. The summed E-state index contributed by atoms with van der Waals surface area (Å²) in [6.45, 7) is 0.550. The lowest BCUT2D eigenvalue weighted by atomic mass is 9.73. The SMILES string of the molecule is N=C(N)NCCCC(N)C1=NC2(c3ccccc3Cl)CCCC(O1)C2=O. The minimum absolute atomic E-state index is 0.0361. The van der Waals surface area contributed by atoms with Crippen LogP contribution in [-0.4, -0.2) is 36.3 Å². The Bertz CT molecular complexity index is 738. The third-order valence-corrected chi connectivity index (χ3v) is 5.24. The van der Waals surface area contributed by atoms with Crippen LogP contribution in [-0.2, 0) is 15.1 Å². The maximum atomic E-state index is 13.0. The Morgan fingerprint density at radius 2 is 2.27 bits per heavy atom. The lowest BCUT2D eigenvalue weighted by Gasteiger charge is -2.42. The number of halogens is 1. The van der Waals surface area contributed by atoms with Crippen molar-refractivity contribution in [3.63, 3.8) is 0 Å². The number of nitrogens with zero attached hydrogens (tertiary/aromatic N) is 1. The highest BCUT2D eigenvalue weighted by molar-refractivity contribution is 6.32. The Kier molecular flexibility index (Phi) is 5.48. The molecule has 7 nitrogen and oxygen atoms in total. The molecule has 3 unspecified atom stereocenters. The number of carbonyl (C=O) groups is 1. The molecule has 2 bridgehead atoms. The van der Waals surface area contributed by atoms with E-state index in [0.717, 1.165) is 12.0 Å². The van der Waals surface area contributed by atoms with Crippen molar-refractivity contribution in [1.82, 2.24) is 5.32 Å². The molecule has 0 spiro atoms. The summed E-state index contributed by atoms with van der Waals surface area (Å²) in [6.07, 6.45) is 2.92. The Morgan fingerprint density at radius 1 is 1.50 bits per heavy atom. The quantitative estimate of drug-likeness (QED) is 0.341. The summed E-state index contributed by atoms with van der Waals surface area (Å²) in [4.78, 5) is 17.7. The van der Waals surface area contributed by atoms with Gasteiger partial charge >= 0.3 is 0 Å². The number of Topliss-reactive ketones (excluding diaryl/α,β-unsaturated/α-hetero) is 1. The first-order chi connectivity index (χ1) is 12.4. The molecule has 1 saturated carbocycles. The number of hydrogen-bond acceptors (Lipinski definition) is 5. The molecule has 1 aliphatic carbocycles. The number of rotatable bonds is 6. The molecule has 140 valence electrons. The average molecular weight is 378 g/mol. The average Bonchev–Trinajstić information content (AvgIpc) is 2.59. The predicted octanol–water partition coefficient (Wildman–Crippen LogP) is 1.68. The molecular formula is C18H24ClN5O2. The summed E-state index contributed by atoms with van der Waals surface area (Å²) in [5.41, 5.74) is 11.3. The van der Waals surface area contributed by atoms with Crippen LogP contribution < -0.4 is 16.8 Å². The molecule has 1 aromatic carbocycles. The van der Waals surface area contributed by atoms with Gasteiger partial charge in [-0.15, -0.1) is 0 Å². The van der Waals surface area contributed by atoms with Gasteiger partial charge in [0.2, 0.25) is 11.7 Å². The van der Waals surface area contributed by atoms with E-state index in [1.165, 1.54) is 0 Å². The van der Waals surface area contributed by atoms with Crippen LogP contribution in [0.1, 0.15) is 37.7 Å². The van der Waals surface area contributed by atoms with Crippen LogP contribution in [0.3, 0.4) is 0 Å². The van der Waals surface area contributed by atoms with E-state index in [2.05, 4.69) is 5.32 Å². The van der Waals surface area contributed by atoms with E-state index in [9.17, 15) is 4.79 Å². The van der Waals surface area contributed by atoms with E-state index in [1.807, 2.05) is 18.2 Å². The normalized spacial score (nSPS) is 25.8. The molecule has 1 fully saturated rings. The molecule has 1 aliphatic heterocycles. The molecular weight excluding hydrogens is 354 g/mol. The maximum absolute atomic E-state index is 13.0. The second-order valence-electron chi connectivity index (χ2n) is 6.74. The van der Waals surface area contributed by atoms with E-state index in [0.29, 0.717) is 43.1 Å². The molecule has 0 aromatic heterocycles. The molecule has 1 aromatic rings. The summed E-state index contributed by atoms with van der Waals surface area (Å²) in [5.74, 6) is 0.311. The number of carbonyl (C=O) groups excluding carboxylic acids is 1. The van der Waals surface area contributed by atoms with Gasteiger partial charge in [-0.3, -0.25) is 10.2 Å². The van der Waals surface area contributed by atoms with Crippen molar-refractivity contribution in [3.05, 3.63) is 34.9 Å². The van der Waals surface area contributed by atoms with Gasteiger partial charge in [0.15, 0.2) is 17.6 Å². The molecule has 6 N–H and O–H groups in total. The van der Waals surface area contributed by atoms with Crippen LogP contribution in [0, 0.1) is 5.41 Å². The van der Waals surface area contributed by atoms with Crippen molar-refractivity contribution in [3.8, 4) is 0 Å². The Morgan fingerprint density at radius 3 is 3.00 bits per heavy atom. The van der Waals surface area contributed by atoms with Crippen molar-refractivity contribution in [2.45, 2.75) is 49.8 Å². The fraction of sp³-hybridized carbons (Fsp3) is 0.500. The fourth-order valence-electron chi connectivity index (χ4n) is 3.61. The summed E-state index contributed by atoms with van der Waals surface area (Å²) >= 11 is 6.39. The van der Waals surface area contributed by atoms with Crippen molar-refractivity contribution < 1.29 is 9.53 Å². The highest BCUT2D eigenvalue weighted by Gasteiger charge is 2.52. The van der Waals surface area contributed by atoms with Crippen molar-refractivity contribution in [1.29, 1.82) is 5.41 Å². The maximum Gasteiger partial charge on any atom is 0.205 e. The Balaban J connectivity index is 1.85. The van der Waals surface area contributed by atoms with Crippen LogP contribution in [0.5, 0.6) is 0 Å². The molecule has 3 atom stereocenters. The van der Waals surface area contributed by atoms with Gasteiger partial charge in [0.25, 0.3) is 0 Å². The number of aliphatic imine (C=N–C) groups is 1. The second-order valence-corrected chi connectivity index (χ2v) is 7.15. The second kappa shape index (κ2) is 7.63. The zero-order chi connectivity index (χ0) is 18.7. The number of guanidine groups is 1. The molecule has 0 radical (unpaired) electrons. The smallest absolute Gasteiger partial charge is 0.205 e. The molecule has 8 heteroatoms. The molecule has 0 amide bonds. The summed E-state index contributed by atoms with van der Waals surface area (Å²) in [7, 11) is 0. The van der Waals surface area contributed by atoms with Gasteiger partial charge in [-0.25, -0.2) is 4.99 Å². The zero-order valence-electron chi connectivity index (χ0n) is 14.5. The van der Waals surface area contributed by atoms with E-state index < -0.39 is 17.7 Å². The van der Waals surface area contributed by atoms with E-state index in [4.69, 9.17) is 38.2 Å². The fourth-order valence-corrected chi connectivity index (χ4v) is 3.90. The Hall–Kier alpha value is -2.12.